The van der Waals surface area contributed by atoms with Gasteiger partial charge in [-0.1, -0.05) is 20.8 Å². The Kier molecular flexibility index (Phi) is 5.81. The minimum Gasteiger partial charge on any atom is -0.394 e. The fourth-order valence-electron chi connectivity index (χ4n) is 1.56. The highest BCUT2D eigenvalue weighted by atomic mass is 79.9. The Labute approximate surface area is 115 Å². The lowest BCUT2D eigenvalue weighted by Crippen LogP contribution is -2.32. The summed E-state index contributed by atoms with van der Waals surface area (Å²) in [6.07, 6.45) is 2.48. The van der Waals surface area contributed by atoms with E-state index in [0.717, 1.165) is 6.42 Å². The monoisotopic (exact) mass is 317 g/mol. The van der Waals surface area contributed by atoms with Gasteiger partial charge in [0.2, 0.25) is 0 Å². The van der Waals surface area contributed by atoms with Gasteiger partial charge < -0.3 is 10.4 Å². The summed E-state index contributed by atoms with van der Waals surface area (Å²) in [5.74, 6) is 0.264. The molecule has 102 valence electrons. The van der Waals surface area contributed by atoms with Crippen LogP contribution in [0.15, 0.2) is 15.5 Å². The number of aromatic nitrogens is 2. The Bertz CT molecular complexity index is 445. The van der Waals surface area contributed by atoms with Crippen LogP contribution in [0.2, 0.25) is 0 Å². The number of halogens is 1. The van der Waals surface area contributed by atoms with Gasteiger partial charge >= 0.3 is 0 Å². The lowest BCUT2D eigenvalue weighted by Gasteiger charge is -2.21. The van der Waals surface area contributed by atoms with Gasteiger partial charge in [-0.15, -0.1) is 0 Å². The maximum atomic E-state index is 12.0. The maximum absolute atomic E-state index is 12.0. The summed E-state index contributed by atoms with van der Waals surface area (Å²) >= 11 is 3.29. The molecule has 0 spiro atoms. The van der Waals surface area contributed by atoms with E-state index in [-0.39, 0.29) is 24.1 Å². The Morgan fingerprint density at radius 3 is 2.72 bits per heavy atom. The second kappa shape index (κ2) is 6.89. The van der Waals surface area contributed by atoms with E-state index in [4.69, 9.17) is 0 Å². The summed E-state index contributed by atoms with van der Waals surface area (Å²) in [6, 6.07) is -0.0930. The van der Waals surface area contributed by atoms with E-state index in [2.05, 4.69) is 26.3 Å². The molecule has 1 aromatic rings. The molecular weight excluding hydrogens is 298 g/mol. The van der Waals surface area contributed by atoms with Crippen molar-refractivity contribution in [1.29, 1.82) is 0 Å². The Hall–Kier alpha value is -0.880. The number of nitrogens with one attached hydrogen (secondary N) is 1. The standard InChI is InChI=1S/C12H20BrN3O2/c1-4-5-16-12(18)11(13)9(6-14-16)15-10(7-17)8(2)3/h6,8,10,15,17H,4-5,7H2,1-3H3/t10-/m1/s1. The molecule has 0 saturated carbocycles. The molecular formula is C12H20BrN3O2. The van der Waals surface area contributed by atoms with Crippen LogP contribution in [-0.2, 0) is 6.54 Å². The molecule has 0 unspecified atom stereocenters. The van der Waals surface area contributed by atoms with Crippen LogP contribution in [0.4, 0.5) is 5.69 Å². The van der Waals surface area contributed by atoms with Crippen LogP contribution in [0.5, 0.6) is 0 Å². The number of hydrogen-bond donors (Lipinski definition) is 2. The third-order valence-corrected chi connectivity index (χ3v) is 3.53. The summed E-state index contributed by atoms with van der Waals surface area (Å²) < 4.78 is 1.89. The quantitative estimate of drug-likeness (QED) is 0.840. The van der Waals surface area contributed by atoms with Gasteiger partial charge in [0.05, 0.1) is 24.5 Å². The highest BCUT2D eigenvalue weighted by Crippen LogP contribution is 2.19. The second-order valence-corrected chi connectivity index (χ2v) is 5.37. The van der Waals surface area contributed by atoms with Gasteiger partial charge in [-0.05, 0) is 28.3 Å². The Morgan fingerprint density at radius 2 is 2.22 bits per heavy atom. The molecule has 0 aliphatic rings. The van der Waals surface area contributed by atoms with Crippen molar-refractivity contribution in [3.63, 3.8) is 0 Å². The van der Waals surface area contributed by atoms with Crippen LogP contribution in [-0.4, -0.2) is 27.5 Å². The number of nitrogens with zero attached hydrogens (tertiary/aromatic N) is 2. The van der Waals surface area contributed by atoms with E-state index in [9.17, 15) is 9.90 Å². The van der Waals surface area contributed by atoms with E-state index in [0.29, 0.717) is 16.7 Å². The molecule has 1 atom stereocenters. The third kappa shape index (κ3) is 3.55. The van der Waals surface area contributed by atoms with Crippen molar-refractivity contribution in [2.75, 3.05) is 11.9 Å². The number of anilines is 1. The van der Waals surface area contributed by atoms with E-state index in [1.165, 1.54) is 4.68 Å². The highest BCUT2D eigenvalue weighted by Gasteiger charge is 2.15. The SMILES string of the molecule is CCCn1ncc(N[C@H](CO)C(C)C)c(Br)c1=O. The Morgan fingerprint density at radius 1 is 1.56 bits per heavy atom. The Balaban J connectivity index is 2.98. The van der Waals surface area contributed by atoms with Gasteiger partial charge in [0.25, 0.3) is 5.56 Å². The van der Waals surface area contributed by atoms with Gasteiger partial charge in [0, 0.05) is 6.54 Å². The van der Waals surface area contributed by atoms with Gasteiger partial charge in [-0.3, -0.25) is 4.79 Å². The van der Waals surface area contributed by atoms with E-state index >= 15 is 0 Å². The first kappa shape index (κ1) is 15.2. The van der Waals surface area contributed by atoms with Crippen LogP contribution in [0.1, 0.15) is 27.2 Å². The number of aryl methyl sites for hydroxylation is 1. The first-order valence-corrected chi connectivity index (χ1v) is 6.93. The molecule has 1 heterocycles. The lowest BCUT2D eigenvalue weighted by atomic mass is 10.1. The minimum absolute atomic E-state index is 0.0160. The van der Waals surface area contributed by atoms with Crippen molar-refractivity contribution in [3.05, 3.63) is 21.0 Å². The third-order valence-electron chi connectivity index (χ3n) is 2.76. The molecule has 0 aliphatic heterocycles. The molecule has 0 aromatic carbocycles. The van der Waals surface area contributed by atoms with E-state index < -0.39 is 0 Å². The normalized spacial score (nSPS) is 12.8. The van der Waals surface area contributed by atoms with Crippen molar-refractivity contribution < 1.29 is 5.11 Å². The van der Waals surface area contributed by atoms with Gasteiger partial charge in [-0.25, -0.2) is 4.68 Å². The molecule has 1 rings (SSSR count). The van der Waals surface area contributed by atoms with E-state index in [1.807, 2.05) is 20.8 Å². The maximum Gasteiger partial charge on any atom is 0.283 e. The van der Waals surface area contributed by atoms with Crippen molar-refractivity contribution in [2.45, 2.75) is 39.8 Å². The summed E-state index contributed by atoms with van der Waals surface area (Å²) in [6.45, 7) is 6.63. The number of rotatable bonds is 6. The molecule has 2 N–H and O–H groups in total. The molecule has 1 aromatic heterocycles. The molecule has 0 radical (unpaired) electrons. The number of aliphatic hydroxyl groups excluding tert-OH is 1. The van der Waals surface area contributed by atoms with Crippen LogP contribution in [0, 0.1) is 5.92 Å². The van der Waals surface area contributed by atoms with Crippen LogP contribution in [0.25, 0.3) is 0 Å². The lowest BCUT2D eigenvalue weighted by molar-refractivity contribution is 0.249. The zero-order chi connectivity index (χ0) is 13.7. The van der Waals surface area contributed by atoms with Crippen LogP contribution < -0.4 is 10.9 Å². The summed E-state index contributed by atoms with van der Waals surface area (Å²) in [7, 11) is 0. The minimum atomic E-state index is -0.151. The molecule has 0 saturated heterocycles. The smallest absolute Gasteiger partial charge is 0.283 e. The van der Waals surface area contributed by atoms with Crippen LogP contribution in [0.3, 0.4) is 0 Å². The fraction of sp³-hybridized carbons (Fsp3) is 0.667. The largest absolute Gasteiger partial charge is 0.394 e. The van der Waals surface area contributed by atoms with Crippen molar-refractivity contribution in [1.82, 2.24) is 9.78 Å². The molecule has 0 fully saturated rings. The average Bonchev–Trinajstić information content (AvgIpc) is 2.34. The first-order valence-electron chi connectivity index (χ1n) is 6.14. The topological polar surface area (TPSA) is 67.2 Å². The fourth-order valence-corrected chi connectivity index (χ4v) is 1.98. The van der Waals surface area contributed by atoms with Gasteiger partial charge in [0.15, 0.2) is 0 Å². The van der Waals surface area contributed by atoms with Crippen molar-refractivity contribution in [2.24, 2.45) is 5.92 Å². The number of hydrogen-bond acceptors (Lipinski definition) is 4. The predicted molar refractivity (Wildman–Crippen MR) is 75.8 cm³/mol. The molecule has 5 nitrogen and oxygen atoms in total. The summed E-state index contributed by atoms with van der Waals surface area (Å²) in [5.41, 5.74) is 0.474. The predicted octanol–water partition coefficient (Wildman–Crippen LogP) is 1.84. The molecule has 18 heavy (non-hydrogen) atoms. The van der Waals surface area contributed by atoms with Gasteiger partial charge in [-0.2, -0.15) is 5.10 Å². The van der Waals surface area contributed by atoms with Gasteiger partial charge in [0.1, 0.15) is 4.47 Å². The summed E-state index contributed by atoms with van der Waals surface area (Å²) in [5, 5.41) is 16.5. The summed E-state index contributed by atoms with van der Waals surface area (Å²) in [4.78, 5) is 12.0. The molecule has 0 aliphatic carbocycles. The second-order valence-electron chi connectivity index (χ2n) is 4.58. The zero-order valence-electron chi connectivity index (χ0n) is 11.0. The zero-order valence-corrected chi connectivity index (χ0v) is 12.6. The number of aliphatic hydroxyl groups is 1. The molecule has 0 bridgehead atoms. The molecule has 6 heteroatoms. The van der Waals surface area contributed by atoms with Crippen molar-refractivity contribution in [3.8, 4) is 0 Å². The van der Waals surface area contributed by atoms with E-state index in [1.54, 1.807) is 6.20 Å². The van der Waals surface area contributed by atoms with Crippen molar-refractivity contribution >= 4 is 21.6 Å². The van der Waals surface area contributed by atoms with Crippen LogP contribution >= 0.6 is 15.9 Å². The molecule has 0 amide bonds. The highest BCUT2D eigenvalue weighted by molar-refractivity contribution is 9.10. The first-order chi connectivity index (χ1) is 8.51. The average molecular weight is 318 g/mol.